The SMILES string of the molecule is O=C(c1ccc(Br)c(C(F)(F)F)c1)c1ccc[nH]1. The van der Waals surface area contributed by atoms with Gasteiger partial charge in [-0.1, -0.05) is 15.9 Å². The van der Waals surface area contributed by atoms with Crippen molar-refractivity contribution in [1.82, 2.24) is 4.98 Å². The standard InChI is InChI=1S/C12H7BrF3NO/c13-9-4-3-7(6-8(9)12(14,15)16)11(18)10-2-1-5-17-10/h1-6,17H. The van der Waals surface area contributed by atoms with Gasteiger partial charge < -0.3 is 4.98 Å². The van der Waals surface area contributed by atoms with Gasteiger partial charge in [-0.05, 0) is 30.3 Å². The molecule has 18 heavy (non-hydrogen) atoms. The minimum absolute atomic E-state index is 0.00650. The molecular weight excluding hydrogens is 311 g/mol. The first-order valence-corrected chi connectivity index (χ1v) is 5.74. The molecule has 2 aromatic rings. The van der Waals surface area contributed by atoms with Crippen LogP contribution in [0.2, 0.25) is 0 Å². The average Bonchev–Trinajstić information content (AvgIpc) is 2.80. The molecule has 0 aliphatic carbocycles. The predicted octanol–water partition coefficient (Wildman–Crippen LogP) is 4.03. The van der Waals surface area contributed by atoms with Crippen LogP contribution < -0.4 is 0 Å². The molecule has 0 amide bonds. The molecule has 1 aromatic heterocycles. The Hall–Kier alpha value is -1.56. The summed E-state index contributed by atoms with van der Waals surface area (Å²) < 4.78 is 38.0. The minimum atomic E-state index is -4.50. The number of nitrogens with one attached hydrogen (secondary N) is 1. The van der Waals surface area contributed by atoms with E-state index in [4.69, 9.17) is 0 Å². The second-order valence-electron chi connectivity index (χ2n) is 3.61. The molecule has 0 spiro atoms. The van der Waals surface area contributed by atoms with Crippen molar-refractivity contribution in [3.8, 4) is 0 Å². The second kappa shape index (κ2) is 4.61. The van der Waals surface area contributed by atoms with Crippen molar-refractivity contribution in [3.63, 3.8) is 0 Å². The van der Waals surface area contributed by atoms with E-state index in [-0.39, 0.29) is 15.7 Å². The highest BCUT2D eigenvalue weighted by Crippen LogP contribution is 2.35. The van der Waals surface area contributed by atoms with Gasteiger partial charge in [-0.15, -0.1) is 0 Å². The van der Waals surface area contributed by atoms with E-state index in [1.54, 1.807) is 6.07 Å². The monoisotopic (exact) mass is 317 g/mol. The van der Waals surface area contributed by atoms with E-state index in [0.717, 1.165) is 6.07 Å². The number of carbonyl (C=O) groups excluding carboxylic acids is 1. The lowest BCUT2D eigenvalue weighted by atomic mass is 10.1. The van der Waals surface area contributed by atoms with Gasteiger partial charge in [0.2, 0.25) is 5.78 Å². The lowest BCUT2D eigenvalue weighted by Crippen LogP contribution is -2.09. The van der Waals surface area contributed by atoms with Gasteiger partial charge in [0.05, 0.1) is 11.3 Å². The van der Waals surface area contributed by atoms with Crippen molar-refractivity contribution in [3.05, 3.63) is 57.8 Å². The summed E-state index contributed by atoms with van der Waals surface area (Å²) in [7, 11) is 0. The number of aromatic amines is 1. The highest BCUT2D eigenvalue weighted by molar-refractivity contribution is 9.10. The lowest BCUT2D eigenvalue weighted by molar-refractivity contribution is -0.138. The van der Waals surface area contributed by atoms with Crippen molar-refractivity contribution >= 4 is 21.7 Å². The molecule has 6 heteroatoms. The molecule has 0 radical (unpaired) electrons. The first kappa shape index (κ1) is 12.9. The molecule has 94 valence electrons. The molecular formula is C12H7BrF3NO. The molecule has 1 N–H and O–H groups in total. The average molecular weight is 318 g/mol. The zero-order valence-corrected chi connectivity index (χ0v) is 10.5. The summed E-state index contributed by atoms with van der Waals surface area (Å²) in [4.78, 5) is 14.5. The Morgan fingerprint density at radius 3 is 2.50 bits per heavy atom. The summed E-state index contributed by atoms with van der Waals surface area (Å²) >= 11 is 2.82. The maximum Gasteiger partial charge on any atom is 0.417 e. The first-order chi connectivity index (χ1) is 8.39. The van der Waals surface area contributed by atoms with E-state index in [2.05, 4.69) is 20.9 Å². The highest BCUT2D eigenvalue weighted by atomic mass is 79.9. The van der Waals surface area contributed by atoms with Crippen LogP contribution >= 0.6 is 15.9 Å². The Morgan fingerprint density at radius 2 is 1.94 bits per heavy atom. The zero-order valence-electron chi connectivity index (χ0n) is 8.88. The van der Waals surface area contributed by atoms with E-state index in [9.17, 15) is 18.0 Å². The third-order valence-electron chi connectivity index (χ3n) is 2.38. The molecule has 0 atom stereocenters. The maximum absolute atomic E-state index is 12.7. The summed E-state index contributed by atoms with van der Waals surface area (Å²) in [6.07, 6.45) is -2.96. The molecule has 0 fully saturated rings. The number of benzene rings is 1. The first-order valence-electron chi connectivity index (χ1n) is 4.94. The Morgan fingerprint density at radius 1 is 1.22 bits per heavy atom. The molecule has 1 aromatic carbocycles. The van der Waals surface area contributed by atoms with Crippen molar-refractivity contribution in [2.45, 2.75) is 6.18 Å². The molecule has 2 nitrogen and oxygen atoms in total. The number of aromatic nitrogens is 1. The Bertz CT molecular complexity index is 576. The number of rotatable bonds is 2. The van der Waals surface area contributed by atoms with Gasteiger partial charge >= 0.3 is 6.18 Å². The van der Waals surface area contributed by atoms with E-state index in [1.165, 1.54) is 24.4 Å². The summed E-state index contributed by atoms with van der Waals surface area (Å²) in [6, 6.07) is 6.53. The van der Waals surface area contributed by atoms with Gasteiger partial charge in [0.1, 0.15) is 0 Å². The largest absolute Gasteiger partial charge is 0.417 e. The van der Waals surface area contributed by atoms with Gasteiger partial charge in [0.25, 0.3) is 0 Å². The van der Waals surface area contributed by atoms with Crippen molar-refractivity contribution in [2.75, 3.05) is 0 Å². The molecule has 0 saturated carbocycles. The molecule has 1 heterocycles. The fraction of sp³-hybridized carbons (Fsp3) is 0.0833. The van der Waals surface area contributed by atoms with Crippen LogP contribution in [-0.4, -0.2) is 10.8 Å². The van der Waals surface area contributed by atoms with Crippen LogP contribution in [0.3, 0.4) is 0 Å². The van der Waals surface area contributed by atoms with Crippen LogP contribution in [0.15, 0.2) is 41.0 Å². The summed E-state index contributed by atoms with van der Waals surface area (Å²) in [5.41, 5.74) is -0.613. The van der Waals surface area contributed by atoms with Crippen molar-refractivity contribution in [2.24, 2.45) is 0 Å². The van der Waals surface area contributed by atoms with Crippen LogP contribution in [0.25, 0.3) is 0 Å². The van der Waals surface area contributed by atoms with Crippen LogP contribution in [0.5, 0.6) is 0 Å². The zero-order chi connectivity index (χ0) is 13.3. The number of carbonyl (C=O) groups is 1. The van der Waals surface area contributed by atoms with Gasteiger partial charge in [-0.3, -0.25) is 4.79 Å². The van der Waals surface area contributed by atoms with Gasteiger partial charge in [-0.2, -0.15) is 13.2 Å². The fourth-order valence-electron chi connectivity index (χ4n) is 1.51. The fourth-order valence-corrected chi connectivity index (χ4v) is 1.98. The quantitative estimate of drug-likeness (QED) is 0.833. The Balaban J connectivity index is 2.45. The van der Waals surface area contributed by atoms with Gasteiger partial charge in [0.15, 0.2) is 0 Å². The number of halogens is 4. The number of alkyl halides is 3. The minimum Gasteiger partial charge on any atom is -0.359 e. The van der Waals surface area contributed by atoms with Crippen molar-refractivity contribution < 1.29 is 18.0 Å². The van der Waals surface area contributed by atoms with Crippen LogP contribution in [0.1, 0.15) is 21.6 Å². The van der Waals surface area contributed by atoms with E-state index >= 15 is 0 Å². The number of hydrogen-bond donors (Lipinski definition) is 1. The van der Waals surface area contributed by atoms with Gasteiger partial charge in [0, 0.05) is 16.2 Å². The Labute approximate surface area is 109 Å². The lowest BCUT2D eigenvalue weighted by Gasteiger charge is -2.10. The molecule has 0 unspecified atom stereocenters. The van der Waals surface area contributed by atoms with Crippen molar-refractivity contribution in [1.29, 1.82) is 0 Å². The normalized spacial score (nSPS) is 11.6. The Kier molecular flexibility index (Phi) is 3.30. The topological polar surface area (TPSA) is 32.9 Å². The maximum atomic E-state index is 12.7. The molecule has 0 bridgehead atoms. The number of H-pyrrole nitrogens is 1. The molecule has 2 rings (SSSR count). The predicted molar refractivity (Wildman–Crippen MR) is 63.4 cm³/mol. The van der Waals surface area contributed by atoms with Crippen LogP contribution in [0.4, 0.5) is 13.2 Å². The van der Waals surface area contributed by atoms with Gasteiger partial charge in [-0.25, -0.2) is 0 Å². The van der Waals surface area contributed by atoms with E-state index in [1.807, 2.05) is 0 Å². The summed E-state index contributed by atoms with van der Waals surface area (Å²) in [5, 5.41) is 0. The third-order valence-corrected chi connectivity index (χ3v) is 3.07. The van der Waals surface area contributed by atoms with E-state index < -0.39 is 17.5 Å². The molecule has 0 saturated heterocycles. The number of hydrogen-bond acceptors (Lipinski definition) is 1. The third kappa shape index (κ3) is 2.48. The van der Waals surface area contributed by atoms with Crippen LogP contribution in [-0.2, 0) is 6.18 Å². The summed E-state index contributed by atoms with van der Waals surface area (Å²) in [6.45, 7) is 0. The molecule has 0 aliphatic heterocycles. The second-order valence-corrected chi connectivity index (χ2v) is 4.46. The smallest absolute Gasteiger partial charge is 0.359 e. The van der Waals surface area contributed by atoms with Crippen LogP contribution in [0, 0.1) is 0 Å². The van der Waals surface area contributed by atoms with E-state index in [0.29, 0.717) is 0 Å². The highest BCUT2D eigenvalue weighted by Gasteiger charge is 2.33. The molecule has 0 aliphatic rings. The summed E-state index contributed by atoms with van der Waals surface area (Å²) in [5.74, 6) is -0.474. The number of ketones is 1.